The quantitative estimate of drug-likeness (QED) is 0.819. The number of hydrogen-bond acceptors (Lipinski definition) is 3. The predicted octanol–water partition coefficient (Wildman–Crippen LogP) is 4.34. The van der Waals surface area contributed by atoms with Gasteiger partial charge in [-0.2, -0.15) is 0 Å². The molecule has 0 heterocycles. The Morgan fingerprint density at radius 1 is 1.13 bits per heavy atom. The summed E-state index contributed by atoms with van der Waals surface area (Å²) < 4.78 is 5.80. The lowest BCUT2D eigenvalue weighted by molar-refractivity contribution is -0.128. The van der Waals surface area contributed by atoms with Crippen LogP contribution in [0.4, 0.5) is 11.4 Å². The first-order chi connectivity index (χ1) is 10.7. The Kier molecular flexibility index (Phi) is 4.85. The SMILES string of the molecule is Cc1cc(N)cc(C)c1NC(=O)C(C)(C)Oc1ccc(Cl)cc1. The Balaban J connectivity index is 2.17. The average molecular weight is 333 g/mol. The lowest BCUT2D eigenvalue weighted by Crippen LogP contribution is -2.42. The van der Waals surface area contributed by atoms with Gasteiger partial charge in [-0.3, -0.25) is 4.79 Å². The van der Waals surface area contributed by atoms with Crippen LogP contribution in [-0.2, 0) is 4.79 Å². The van der Waals surface area contributed by atoms with Gasteiger partial charge in [0.2, 0.25) is 0 Å². The molecule has 0 saturated carbocycles. The highest BCUT2D eigenvalue weighted by Gasteiger charge is 2.30. The number of aryl methyl sites for hydroxylation is 2. The second kappa shape index (κ2) is 6.50. The van der Waals surface area contributed by atoms with E-state index in [2.05, 4.69) is 5.32 Å². The summed E-state index contributed by atoms with van der Waals surface area (Å²) in [5.74, 6) is 0.351. The van der Waals surface area contributed by atoms with Crippen LogP contribution in [0.15, 0.2) is 36.4 Å². The van der Waals surface area contributed by atoms with Crippen molar-refractivity contribution in [2.24, 2.45) is 0 Å². The number of nitrogens with two attached hydrogens (primary N) is 1. The van der Waals surface area contributed by atoms with Crippen molar-refractivity contribution in [3.63, 3.8) is 0 Å². The van der Waals surface area contributed by atoms with Crippen LogP contribution in [0.3, 0.4) is 0 Å². The normalized spacial score (nSPS) is 11.2. The van der Waals surface area contributed by atoms with Crippen molar-refractivity contribution in [1.82, 2.24) is 0 Å². The number of carbonyl (C=O) groups excluding carboxylic acids is 1. The van der Waals surface area contributed by atoms with Gasteiger partial charge in [0, 0.05) is 16.4 Å². The third-order valence-corrected chi connectivity index (χ3v) is 3.78. The summed E-state index contributed by atoms with van der Waals surface area (Å²) >= 11 is 5.86. The molecule has 2 aromatic carbocycles. The van der Waals surface area contributed by atoms with Crippen molar-refractivity contribution in [3.05, 3.63) is 52.5 Å². The van der Waals surface area contributed by atoms with Crippen LogP contribution in [0.1, 0.15) is 25.0 Å². The van der Waals surface area contributed by atoms with Crippen molar-refractivity contribution < 1.29 is 9.53 Å². The van der Waals surface area contributed by atoms with Crippen LogP contribution in [0.5, 0.6) is 5.75 Å². The zero-order chi connectivity index (χ0) is 17.2. The molecule has 0 atom stereocenters. The van der Waals surface area contributed by atoms with Gasteiger partial charge in [0.25, 0.3) is 5.91 Å². The summed E-state index contributed by atoms with van der Waals surface area (Å²) in [5.41, 5.74) is 8.04. The Morgan fingerprint density at radius 2 is 1.65 bits per heavy atom. The largest absolute Gasteiger partial charge is 0.478 e. The zero-order valence-corrected chi connectivity index (χ0v) is 14.5. The second-order valence-electron chi connectivity index (χ2n) is 6.05. The molecule has 0 aliphatic heterocycles. The first-order valence-electron chi connectivity index (χ1n) is 7.32. The molecule has 4 nitrogen and oxygen atoms in total. The first-order valence-corrected chi connectivity index (χ1v) is 7.69. The minimum Gasteiger partial charge on any atom is -0.478 e. The molecule has 122 valence electrons. The van der Waals surface area contributed by atoms with E-state index in [1.54, 1.807) is 38.1 Å². The molecule has 0 radical (unpaired) electrons. The van der Waals surface area contributed by atoms with E-state index < -0.39 is 5.60 Å². The van der Waals surface area contributed by atoms with Gasteiger partial charge in [-0.05, 0) is 75.2 Å². The zero-order valence-electron chi connectivity index (χ0n) is 13.7. The first kappa shape index (κ1) is 17.2. The number of nitrogens with one attached hydrogen (secondary N) is 1. The molecule has 5 heteroatoms. The van der Waals surface area contributed by atoms with Gasteiger partial charge in [-0.25, -0.2) is 0 Å². The number of benzene rings is 2. The highest BCUT2D eigenvalue weighted by Crippen LogP contribution is 2.26. The monoisotopic (exact) mass is 332 g/mol. The van der Waals surface area contributed by atoms with Gasteiger partial charge in [0.05, 0.1) is 0 Å². The van der Waals surface area contributed by atoms with E-state index in [-0.39, 0.29) is 5.91 Å². The molecule has 0 aliphatic rings. The van der Waals surface area contributed by atoms with E-state index in [9.17, 15) is 4.79 Å². The molecular weight excluding hydrogens is 312 g/mol. The molecule has 0 spiro atoms. The predicted molar refractivity (Wildman–Crippen MR) is 95.1 cm³/mol. The van der Waals surface area contributed by atoms with Crippen LogP contribution in [0, 0.1) is 13.8 Å². The van der Waals surface area contributed by atoms with E-state index in [1.807, 2.05) is 26.0 Å². The number of hydrogen-bond donors (Lipinski definition) is 2. The maximum Gasteiger partial charge on any atom is 0.267 e. The number of anilines is 2. The molecule has 23 heavy (non-hydrogen) atoms. The van der Waals surface area contributed by atoms with Gasteiger partial charge in [-0.1, -0.05) is 11.6 Å². The number of amides is 1. The van der Waals surface area contributed by atoms with Crippen LogP contribution in [0.2, 0.25) is 5.02 Å². The molecule has 0 aromatic heterocycles. The number of halogens is 1. The Morgan fingerprint density at radius 3 is 2.17 bits per heavy atom. The van der Waals surface area contributed by atoms with Gasteiger partial charge in [-0.15, -0.1) is 0 Å². The van der Waals surface area contributed by atoms with Crippen molar-refractivity contribution in [1.29, 1.82) is 0 Å². The summed E-state index contributed by atoms with van der Waals surface area (Å²) in [4.78, 5) is 12.6. The molecule has 0 unspecified atom stereocenters. The average Bonchev–Trinajstić information content (AvgIpc) is 2.44. The fourth-order valence-corrected chi connectivity index (χ4v) is 2.43. The van der Waals surface area contributed by atoms with E-state index >= 15 is 0 Å². The molecule has 2 rings (SSSR count). The number of rotatable bonds is 4. The Hall–Kier alpha value is -2.20. The lowest BCUT2D eigenvalue weighted by atomic mass is 10.0. The van der Waals surface area contributed by atoms with Gasteiger partial charge >= 0.3 is 0 Å². The molecule has 0 fully saturated rings. The number of carbonyl (C=O) groups is 1. The third-order valence-electron chi connectivity index (χ3n) is 3.53. The maximum atomic E-state index is 12.6. The molecule has 1 amide bonds. The van der Waals surface area contributed by atoms with Crippen LogP contribution < -0.4 is 15.8 Å². The van der Waals surface area contributed by atoms with Gasteiger partial charge in [0.15, 0.2) is 5.60 Å². The molecule has 0 aliphatic carbocycles. The van der Waals surface area contributed by atoms with Crippen LogP contribution >= 0.6 is 11.6 Å². The van der Waals surface area contributed by atoms with Gasteiger partial charge in [0.1, 0.15) is 5.75 Å². The lowest BCUT2D eigenvalue weighted by Gasteiger charge is -2.26. The second-order valence-corrected chi connectivity index (χ2v) is 6.49. The molecule has 0 bridgehead atoms. The Labute approximate surface area is 141 Å². The minimum atomic E-state index is -1.03. The summed E-state index contributed by atoms with van der Waals surface area (Å²) in [6.45, 7) is 7.26. The Bertz CT molecular complexity index is 701. The molecule has 2 aromatic rings. The van der Waals surface area contributed by atoms with Crippen molar-refractivity contribution in [2.45, 2.75) is 33.3 Å². The van der Waals surface area contributed by atoms with E-state index in [1.165, 1.54) is 0 Å². The standard InChI is InChI=1S/C18H21ClN2O2/c1-11-9-14(20)10-12(2)16(11)21-17(22)18(3,4)23-15-7-5-13(19)6-8-15/h5-10H,20H2,1-4H3,(H,21,22). The van der Waals surface area contributed by atoms with Crippen LogP contribution in [-0.4, -0.2) is 11.5 Å². The summed E-state index contributed by atoms with van der Waals surface area (Å²) in [7, 11) is 0. The minimum absolute atomic E-state index is 0.233. The van der Waals surface area contributed by atoms with E-state index in [0.29, 0.717) is 16.5 Å². The van der Waals surface area contributed by atoms with Crippen molar-refractivity contribution in [3.8, 4) is 5.75 Å². The molecule has 3 N–H and O–H groups in total. The van der Waals surface area contributed by atoms with Crippen LogP contribution in [0.25, 0.3) is 0 Å². The van der Waals surface area contributed by atoms with E-state index in [0.717, 1.165) is 16.8 Å². The maximum absolute atomic E-state index is 12.6. The third kappa shape index (κ3) is 4.17. The summed E-state index contributed by atoms with van der Waals surface area (Å²) in [6.07, 6.45) is 0. The summed E-state index contributed by atoms with van der Waals surface area (Å²) in [6, 6.07) is 10.6. The fraction of sp³-hybridized carbons (Fsp3) is 0.278. The number of ether oxygens (including phenoxy) is 1. The van der Waals surface area contributed by atoms with Gasteiger partial charge < -0.3 is 15.8 Å². The fourth-order valence-electron chi connectivity index (χ4n) is 2.30. The topological polar surface area (TPSA) is 64.3 Å². The van der Waals surface area contributed by atoms with Crippen molar-refractivity contribution >= 4 is 28.9 Å². The highest BCUT2D eigenvalue weighted by molar-refractivity contribution is 6.30. The smallest absolute Gasteiger partial charge is 0.267 e. The summed E-state index contributed by atoms with van der Waals surface area (Å²) in [5, 5.41) is 3.55. The molecule has 0 saturated heterocycles. The molecular formula is C18H21ClN2O2. The van der Waals surface area contributed by atoms with Crippen molar-refractivity contribution in [2.75, 3.05) is 11.1 Å². The van der Waals surface area contributed by atoms with E-state index in [4.69, 9.17) is 22.1 Å². The highest BCUT2D eigenvalue weighted by atomic mass is 35.5. The number of nitrogen functional groups attached to an aromatic ring is 1.